The third-order valence-electron chi connectivity index (χ3n) is 12.0. The van der Waals surface area contributed by atoms with Crippen LogP contribution in [0.3, 0.4) is 0 Å². The zero-order chi connectivity index (χ0) is 21.7. The Morgan fingerprint density at radius 2 is 1.55 bits per heavy atom. The Morgan fingerprint density at radius 3 is 2.35 bits per heavy atom. The molecule has 0 aromatic carbocycles. The van der Waals surface area contributed by atoms with Gasteiger partial charge >= 0.3 is 0 Å². The van der Waals surface area contributed by atoms with Crippen LogP contribution in [0.5, 0.6) is 0 Å². The van der Waals surface area contributed by atoms with Gasteiger partial charge in [0.2, 0.25) is 0 Å². The highest BCUT2D eigenvalue weighted by Crippen LogP contribution is 2.67. The van der Waals surface area contributed by atoms with Crippen LogP contribution in [0.1, 0.15) is 78.6 Å². The summed E-state index contributed by atoms with van der Waals surface area (Å²) in [5.41, 5.74) is -0.365. The van der Waals surface area contributed by atoms with Crippen molar-refractivity contribution < 1.29 is 15.3 Å². The Balaban J connectivity index is 1.30. The van der Waals surface area contributed by atoms with Crippen molar-refractivity contribution in [2.45, 2.75) is 102 Å². The van der Waals surface area contributed by atoms with Crippen LogP contribution in [0.2, 0.25) is 0 Å². The normalized spacial score (nSPS) is 61.5. The molecule has 0 aromatic rings. The summed E-state index contributed by atoms with van der Waals surface area (Å²) in [6.07, 6.45) is 9.43. The molecule has 3 N–H and O–H groups in total. The highest BCUT2D eigenvalue weighted by atomic mass is 16.3. The minimum absolute atomic E-state index is 0.188. The topological polar surface area (TPSA) is 63.9 Å². The summed E-state index contributed by atoms with van der Waals surface area (Å²) in [7, 11) is 0. The lowest BCUT2D eigenvalue weighted by atomic mass is 9.51. The quantitative estimate of drug-likeness (QED) is 0.547. The molecule has 4 saturated carbocycles. The van der Waals surface area contributed by atoms with Gasteiger partial charge in [-0.25, -0.2) is 0 Å². The molecule has 4 heteroatoms. The van der Waals surface area contributed by atoms with Crippen LogP contribution in [0, 0.1) is 52.8 Å². The molecule has 4 nitrogen and oxygen atoms in total. The van der Waals surface area contributed by atoms with Crippen molar-refractivity contribution in [2.24, 2.45) is 52.8 Å². The first kappa shape index (κ1) is 21.4. The van der Waals surface area contributed by atoms with E-state index in [1.54, 1.807) is 0 Å². The minimum atomic E-state index is -0.553. The molecule has 4 aliphatic carbocycles. The lowest BCUT2D eigenvalue weighted by Crippen LogP contribution is -2.67. The summed E-state index contributed by atoms with van der Waals surface area (Å²) in [5, 5.41) is 33.3. The van der Waals surface area contributed by atoms with Gasteiger partial charge in [0.05, 0.1) is 17.8 Å². The third-order valence-corrected chi connectivity index (χ3v) is 12.0. The summed E-state index contributed by atoms with van der Waals surface area (Å²) in [6.45, 7) is 9.36. The molecule has 0 bridgehead atoms. The number of hydrogen-bond acceptors (Lipinski definition) is 4. The second-order valence-corrected chi connectivity index (χ2v) is 13.4. The second kappa shape index (κ2) is 7.17. The van der Waals surface area contributed by atoms with Crippen LogP contribution in [0.4, 0.5) is 0 Å². The molecule has 13 atom stereocenters. The first-order valence-electron chi connectivity index (χ1n) is 13.5. The molecular weight excluding hydrogens is 386 g/mol. The molecule has 0 amide bonds. The molecule has 6 fully saturated rings. The standard InChI is InChI=1S/C27H45NO3/c1-15-4-7-25-27(3,31)21-6-5-17-18(20(21)14-28(25)13-15)11-22-19(17)12-24(30)23-10-16(29)8-9-26(22,23)2/h15-25,29-31H,4-14H2,1-3H3/t15-,16-,17+,18-,19-,20-,21-,22-,23+,24-,25-,26+,27-/m0/s1. The lowest BCUT2D eigenvalue weighted by molar-refractivity contribution is -0.176. The molecule has 0 unspecified atom stereocenters. The maximum Gasteiger partial charge on any atom is 0.0805 e. The van der Waals surface area contributed by atoms with E-state index in [1.807, 2.05) is 0 Å². The largest absolute Gasteiger partial charge is 0.393 e. The maximum absolute atomic E-state index is 11.8. The van der Waals surface area contributed by atoms with Gasteiger partial charge in [0.15, 0.2) is 0 Å². The van der Waals surface area contributed by atoms with Crippen LogP contribution in [-0.2, 0) is 0 Å². The number of fused-ring (bicyclic) bond motifs is 8. The molecule has 0 radical (unpaired) electrons. The Hall–Kier alpha value is -0.160. The summed E-state index contributed by atoms with van der Waals surface area (Å²) in [6, 6.07) is 0.355. The molecule has 0 spiro atoms. The molecule has 176 valence electrons. The van der Waals surface area contributed by atoms with E-state index in [-0.39, 0.29) is 23.5 Å². The molecule has 6 rings (SSSR count). The van der Waals surface area contributed by atoms with Gasteiger partial charge in [0, 0.05) is 19.1 Å². The highest BCUT2D eigenvalue weighted by Gasteiger charge is 2.64. The van der Waals surface area contributed by atoms with Gasteiger partial charge in [-0.15, -0.1) is 0 Å². The first-order chi connectivity index (χ1) is 14.7. The number of rotatable bonds is 0. The predicted molar refractivity (Wildman–Crippen MR) is 121 cm³/mol. The summed E-state index contributed by atoms with van der Waals surface area (Å²) < 4.78 is 0. The van der Waals surface area contributed by atoms with E-state index in [9.17, 15) is 15.3 Å². The smallest absolute Gasteiger partial charge is 0.0805 e. The van der Waals surface area contributed by atoms with Gasteiger partial charge in [-0.05, 0) is 117 Å². The van der Waals surface area contributed by atoms with E-state index in [0.717, 1.165) is 50.5 Å². The van der Waals surface area contributed by atoms with Crippen LogP contribution in [0.25, 0.3) is 0 Å². The van der Waals surface area contributed by atoms with Crippen LogP contribution < -0.4 is 0 Å². The van der Waals surface area contributed by atoms with Crippen molar-refractivity contribution in [2.75, 3.05) is 13.1 Å². The van der Waals surface area contributed by atoms with Crippen LogP contribution in [-0.4, -0.2) is 57.2 Å². The SMILES string of the molecule is C[C@H]1CC[C@@H]2N(C1)C[C@H]1[C@H]3C[C@H]4[C@@H](C[C@H](O)[C@H]5C[C@@H](O)CC[C@@]54C)[C@@H]3CC[C@@H]1[C@]2(C)O. The number of aliphatic hydroxyl groups is 3. The van der Waals surface area contributed by atoms with Crippen molar-refractivity contribution >= 4 is 0 Å². The zero-order valence-electron chi connectivity index (χ0n) is 19.9. The number of piperidine rings is 2. The van der Waals surface area contributed by atoms with Gasteiger partial charge in [-0.1, -0.05) is 13.8 Å². The van der Waals surface area contributed by atoms with E-state index in [4.69, 9.17) is 0 Å². The Labute approximate surface area is 188 Å². The Kier molecular flexibility index (Phi) is 4.94. The number of hydrogen-bond donors (Lipinski definition) is 3. The van der Waals surface area contributed by atoms with Crippen molar-refractivity contribution in [1.29, 1.82) is 0 Å². The predicted octanol–water partition coefficient (Wildman–Crippen LogP) is 3.68. The Morgan fingerprint density at radius 1 is 0.742 bits per heavy atom. The molecule has 6 aliphatic rings. The maximum atomic E-state index is 11.8. The van der Waals surface area contributed by atoms with Gasteiger partial charge in [0.1, 0.15) is 0 Å². The highest BCUT2D eigenvalue weighted by molar-refractivity contribution is 5.14. The van der Waals surface area contributed by atoms with Crippen molar-refractivity contribution in [3.05, 3.63) is 0 Å². The summed E-state index contributed by atoms with van der Waals surface area (Å²) in [4.78, 5) is 2.68. The average molecular weight is 432 g/mol. The molecule has 2 saturated heterocycles. The number of aliphatic hydroxyl groups excluding tert-OH is 2. The fourth-order valence-corrected chi connectivity index (χ4v) is 10.6. The van der Waals surface area contributed by atoms with Crippen LogP contribution in [0.15, 0.2) is 0 Å². The third kappa shape index (κ3) is 3.00. The summed E-state index contributed by atoms with van der Waals surface area (Å²) >= 11 is 0. The molecular formula is C27H45NO3. The average Bonchev–Trinajstić information content (AvgIpc) is 3.09. The summed E-state index contributed by atoms with van der Waals surface area (Å²) in [5.74, 6) is 4.89. The van der Waals surface area contributed by atoms with Crippen LogP contribution >= 0.6 is 0 Å². The van der Waals surface area contributed by atoms with Gasteiger partial charge in [-0.3, -0.25) is 4.90 Å². The van der Waals surface area contributed by atoms with E-state index in [2.05, 4.69) is 25.7 Å². The van der Waals surface area contributed by atoms with Gasteiger partial charge in [-0.2, -0.15) is 0 Å². The monoisotopic (exact) mass is 431 g/mol. The van der Waals surface area contributed by atoms with Gasteiger partial charge in [0.25, 0.3) is 0 Å². The minimum Gasteiger partial charge on any atom is -0.393 e. The van der Waals surface area contributed by atoms with Crippen molar-refractivity contribution in [3.63, 3.8) is 0 Å². The Bertz CT molecular complexity index is 711. The van der Waals surface area contributed by atoms with E-state index in [0.29, 0.717) is 35.6 Å². The molecule has 31 heavy (non-hydrogen) atoms. The van der Waals surface area contributed by atoms with E-state index < -0.39 is 5.60 Å². The van der Waals surface area contributed by atoms with Gasteiger partial charge < -0.3 is 15.3 Å². The number of nitrogens with zero attached hydrogens (tertiary/aromatic N) is 1. The second-order valence-electron chi connectivity index (χ2n) is 13.4. The fraction of sp³-hybridized carbons (Fsp3) is 1.00. The fourth-order valence-electron chi connectivity index (χ4n) is 10.6. The first-order valence-corrected chi connectivity index (χ1v) is 13.5. The molecule has 2 heterocycles. The van der Waals surface area contributed by atoms with Crippen molar-refractivity contribution in [1.82, 2.24) is 4.90 Å². The van der Waals surface area contributed by atoms with E-state index >= 15 is 0 Å². The zero-order valence-corrected chi connectivity index (χ0v) is 19.9. The van der Waals surface area contributed by atoms with Crippen molar-refractivity contribution in [3.8, 4) is 0 Å². The van der Waals surface area contributed by atoms with E-state index in [1.165, 1.54) is 32.2 Å². The molecule has 2 aliphatic heterocycles. The molecule has 0 aromatic heterocycles. The lowest BCUT2D eigenvalue weighted by Gasteiger charge is -2.60.